The van der Waals surface area contributed by atoms with E-state index in [0.717, 1.165) is 17.3 Å². The molecule has 0 aliphatic carbocycles. The zero-order chi connectivity index (χ0) is 19.9. The van der Waals surface area contributed by atoms with Gasteiger partial charge in [-0.25, -0.2) is 0 Å². The van der Waals surface area contributed by atoms with Gasteiger partial charge < -0.3 is 10.1 Å². The van der Waals surface area contributed by atoms with Gasteiger partial charge in [-0.3, -0.25) is 9.36 Å². The largest absolute Gasteiger partial charge is 0.497 e. The summed E-state index contributed by atoms with van der Waals surface area (Å²) in [6, 6.07) is 17.0. The molecule has 0 saturated carbocycles. The molecule has 1 heterocycles. The van der Waals surface area contributed by atoms with Gasteiger partial charge in [0.15, 0.2) is 11.0 Å². The van der Waals surface area contributed by atoms with Crippen LogP contribution in [0.3, 0.4) is 0 Å². The second kappa shape index (κ2) is 9.41. The molecule has 28 heavy (non-hydrogen) atoms. The van der Waals surface area contributed by atoms with Crippen LogP contribution in [0, 0.1) is 0 Å². The van der Waals surface area contributed by atoms with E-state index in [1.165, 1.54) is 0 Å². The van der Waals surface area contributed by atoms with Crippen molar-refractivity contribution in [3.8, 4) is 11.4 Å². The first-order chi connectivity index (χ1) is 13.6. The summed E-state index contributed by atoms with van der Waals surface area (Å²) in [6.45, 7) is 4.60. The van der Waals surface area contributed by atoms with Gasteiger partial charge in [0.1, 0.15) is 5.75 Å². The van der Waals surface area contributed by atoms with Gasteiger partial charge >= 0.3 is 0 Å². The summed E-state index contributed by atoms with van der Waals surface area (Å²) < 4.78 is 7.14. The highest BCUT2D eigenvalue weighted by atomic mass is 32.2. The number of nitrogens with zero attached hydrogens (tertiary/aromatic N) is 3. The normalized spacial score (nSPS) is 11.8. The molecule has 0 unspecified atom stereocenters. The van der Waals surface area contributed by atoms with E-state index in [1.807, 2.05) is 34.9 Å². The maximum Gasteiger partial charge on any atom is 0.251 e. The van der Waals surface area contributed by atoms with E-state index in [-0.39, 0.29) is 12.5 Å². The minimum Gasteiger partial charge on any atom is -0.497 e. The van der Waals surface area contributed by atoms with E-state index < -0.39 is 0 Å². The lowest BCUT2D eigenvalue weighted by molar-refractivity contribution is 0.0949. The fraction of sp³-hybridized carbons (Fsp3) is 0.286. The van der Waals surface area contributed by atoms with Crippen molar-refractivity contribution in [2.75, 3.05) is 7.11 Å². The molecule has 1 aromatic heterocycles. The molecule has 7 heteroatoms. The molecule has 0 saturated heterocycles. The number of benzene rings is 2. The predicted molar refractivity (Wildman–Crippen MR) is 111 cm³/mol. The van der Waals surface area contributed by atoms with Gasteiger partial charge in [-0.2, -0.15) is 0 Å². The van der Waals surface area contributed by atoms with Crippen LogP contribution in [0.5, 0.6) is 5.75 Å². The van der Waals surface area contributed by atoms with Gasteiger partial charge in [-0.15, -0.1) is 10.2 Å². The number of amides is 1. The standard InChI is InChI=1S/C21H24N4O2S/c1-4-15(2)28-21-24-23-19(25(21)17-8-6-5-7-9-17)14-22-20(26)16-10-12-18(27-3)13-11-16/h5-13,15H,4,14H2,1-3H3,(H,22,26)/t15-/m1/s1. The minimum absolute atomic E-state index is 0.165. The Labute approximate surface area is 169 Å². The highest BCUT2D eigenvalue weighted by Crippen LogP contribution is 2.27. The Morgan fingerprint density at radius 3 is 2.50 bits per heavy atom. The quantitative estimate of drug-likeness (QED) is 0.581. The lowest BCUT2D eigenvalue weighted by Gasteiger charge is -2.13. The summed E-state index contributed by atoms with van der Waals surface area (Å²) >= 11 is 1.68. The number of para-hydroxylation sites is 1. The lowest BCUT2D eigenvalue weighted by Crippen LogP contribution is -2.24. The smallest absolute Gasteiger partial charge is 0.251 e. The van der Waals surface area contributed by atoms with Crippen LogP contribution >= 0.6 is 11.8 Å². The zero-order valence-corrected chi connectivity index (χ0v) is 17.1. The number of nitrogens with one attached hydrogen (secondary N) is 1. The number of hydrogen-bond donors (Lipinski definition) is 1. The summed E-state index contributed by atoms with van der Waals surface area (Å²) in [5, 5.41) is 12.9. The number of carbonyl (C=O) groups is 1. The highest BCUT2D eigenvalue weighted by Gasteiger charge is 2.17. The molecule has 0 radical (unpaired) electrons. The van der Waals surface area contributed by atoms with Crippen LogP contribution in [0.4, 0.5) is 0 Å². The van der Waals surface area contributed by atoms with Crippen molar-refractivity contribution in [3.63, 3.8) is 0 Å². The van der Waals surface area contributed by atoms with Crippen LogP contribution in [0.25, 0.3) is 5.69 Å². The first-order valence-electron chi connectivity index (χ1n) is 9.21. The van der Waals surface area contributed by atoms with Crippen LogP contribution in [0.1, 0.15) is 36.5 Å². The van der Waals surface area contributed by atoms with Crippen molar-refractivity contribution in [3.05, 3.63) is 66.0 Å². The Hall–Kier alpha value is -2.80. The molecule has 146 valence electrons. The first kappa shape index (κ1) is 19.9. The summed E-state index contributed by atoms with van der Waals surface area (Å²) in [5.74, 6) is 1.24. The number of hydrogen-bond acceptors (Lipinski definition) is 5. The molecule has 3 rings (SSSR count). The molecule has 3 aromatic rings. The van der Waals surface area contributed by atoms with Crippen LogP contribution in [-0.4, -0.2) is 33.0 Å². The molecule has 0 aliphatic heterocycles. The number of methoxy groups -OCH3 is 1. The predicted octanol–water partition coefficient (Wildman–Crippen LogP) is 4.10. The van der Waals surface area contributed by atoms with Gasteiger partial charge in [0.2, 0.25) is 0 Å². The van der Waals surface area contributed by atoms with E-state index in [1.54, 1.807) is 43.1 Å². The van der Waals surface area contributed by atoms with E-state index in [9.17, 15) is 4.79 Å². The third-order valence-electron chi connectivity index (χ3n) is 4.36. The summed E-state index contributed by atoms with van der Waals surface area (Å²) in [7, 11) is 1.60. The van der Waals surface area contributed by atoms with Crippen LogP contribution < -0.4 is 10.1 Å². The first-order valence-corrected chi connectivity index (χ1v) is 10.1. The zero-order valence-electron chi connectivity index (χ0n) is 16.3. The Bertz CT molecular complexity index is 910. The maximum absolute atomic E-state index is 12.5. The molecule has 0 aliphatic rings. The van der Waals surface area contributed by atoms with Crippen molar-refractivity contribution in [2.24, 2.45) is 0 Å². The van der Waals surface area contributed by atoms with Crippen molar-refractivity contribution in [1.82, 2.24) is 20.1 Å². The number of thioether (sulfide) groups is 1. The molecule has 0 fully saturated rings. The molecule has 6 nitrogen and oxygen atoms in total. The van der Waals surface area contributed by atoms with Gasteiger partial charge in [0.05, 0.1) is 13.7 Å². The highest BCUT2D eigenvalue weighted by molar-refractivity contribution is 7.99. The van der Waals surface area contributed by atoms with E-state index in [0.29, 0.717) is 22.4 Å². The molecule has 0 spiro atoms. The fourth-order valence-corrected chi connectivity index (χ4v) is 3.53. The summed E-state index contributed by atoms with van der Waals surface area (Å²) in [5.41, 5.74) is 1.55. The number of carbonyl (C=O) groups excluding carboxylic acids is 1. The van der Waals surface area contributed by atoms with Crippen molar-refractivity contribution >= 4 is 17.7 Å². The third-order valence-corrected chi connectivity index (χ3v) is 5.57. The van der Waals surface area contributed by atoms with Crippen LogP contribution in [0.2, 0.25) is 0 Å². The minimum atomic E-state index is -0.165. The number of rotatable bonds is 8. The fourth-order valence-electron chi connectivity index (χ4n) is 2.59. The van der Waals surface area contributed by atoms with Gasteiger partial charge in [0, 0.05) is 16.5 Å². The van der Waals surface area contributed by atoms with E-state index in [2.05, 4.69) is 29.4 Å². The lowest BCUT2D eigenvalue weighted by atomic mass is 10.2. The van der Waals surface area contributed by atoms with Gasteiger partial charge in [0.25, 0.3) is 5.91 Å². The monoisotopic (exact) mass is 396 g/mol. The Morgan fingerprint density at radius 1 is 1.14 bits per heavy atom. The second-order valence-corrected chi connectivity index (χ2v) is 7.72. The van der Waals surface area contributed by atoms with Crippen molar-refractivity contribution < 1.29 is 9.53 Å². The second-order valence-electron chi connectivity index (χ2n) is 6.32. The molecule has 0 bridgehead atoms. The Balaban J connectivity index is 1.80. The number of aromatic nitrogens is 3. The Kier molecular flexibility index (Phi) is 6.71. The molecule has 1 atom stereocenters. The van der Waals surface area contributed by atoms with Crippen LogP contribution in [-0.2, 0) is 6.54 Å². The average molecular weight is 397 g/mol. The number of ether oxygens (including phenoxy) is 1. The van der Waals surface area contributed by atoms with Crippen molar-refractivity contribution in [2.45, 2.75) is 37.2 Å². The van der Waals surface area contributed by atoms with E-state index >= 15 is 0 Å². The Morgan fingerprint density at radius 2 is 1.86 bits per heavy atom. The van der Waals surface area contributed by atoms with Gasteiger partial charge in [-0.05, 0) is 42.8 Å². The molecule has 1 N–H and O–H groups in total. The molecule has 2 aromatic carbocycles. The molecular weight excluding hydrogens is 372 g/mol. The van der Waals surface area contributed by atoms with E-state index in [4.69, 9.17) is 4.74 Å². The molecular formula is C21H24N4O2S. The SMILES string of the molecule is CC[C@@H](C)Sc1nnc(CNC(=O)c2ccc(OC)cc2)n1-c1ccccc1. The third kappa shape index (κ3) is 4.72. The van der Waals surface area contributed by atoms with Crippen molar-refractivity contribution in [1.29, 1.82) is 0 Å². The summed E-state index contributed by atoms with van der Waals surface area (Å²) in [6.07, 6.45) is 1.04. The molecule has 1 amide bonds. The topological polar surface area (TPSA) is 69.0 Å². The maximum atomic E-state index is 12.5. The van der Waals surface area contributed by atoms with Crippen LogP contribution in [0.15, 0.2) is 59.8 Å². The summed E-state index contributed by atoms with van der Waals surface area (Å²) in [4.78, 5) is 12.5. The average Bonchev–Trinajstić information content (AvgIpc) is 3.14. The van der Waals surface area contributed by atoms with Gasteiger partial charge in [-0.1, -0.05) is 43.8 Å².